The average molecular weight is 313 g/mol. The van der Waals surface area contributed by atoms with Crippen LogP contribution in [0, 0.1) is 6.92 Å². The summed E-state index contributed by atoms with van der Waals surface area (Å²) in [5, 5.41) is 6.66. The predicted octanol–water partition coefficient (Wildman–Crippen LogP) is 4.11. The second-order valence-corrected chi connectivity index (χ2v) is 6.28. The Labute approximate surface area is 134 Å². The topological polar surface area (TPSA) is 47.0 Å². The molecule has 3 rings (SSSR count). The lowest BCUT2D eigenvalue weighted by Crippen LogP contribution is -2.21. The maximum atomic E-state index is 5.19. The van der Waals surface area contributed by atoms with Crippen LogP contribution in [-0.4, -0.2) is 29.7 Å². The highest BCUT2D eigenvalue weighted by molar-refractivity contribution is 7.17. The molecule has 0 aliphatic rings. The molecule has 1 aromatic carbocycles. The highest BCUT2D eigenvalue weighted by Gasteiger charge is 2.14. The van der Waals surface area contributed by atoms with Crippen molar-refractivity contribution in [3.8, 4) is 11.1 Å². The van der Waals surface area contributed by atoms with E-state index >= 15 is 0 Å². The van der Waals surface area contributed by atoms with Crippen LogP contribution in [0.5, 0.6) is 0 Å². The Morgan fingerprint density at radius 1 is 1.23 bits per heavy atom. The van der Waals surface area contributed by atoms with E-state index < -0.39 is 0 Å². The van der Waals surface area contributed by atoms with Crippen LogP contribution >= 0.6 is 11.3 Å². The van der Waals surface area contributed by atoms with Crippen molar-refractivity contribution in [2.24, 2.45) is 0 Å². The van der Waals surface area contributed by atoms with Crippen molar-refractivity contribution in [2.45, 2.75) is 19.9 Å². The van der Waals surface area contributed by atoms with Crippen molar-refractivity contribution in [3.63, 3.8) is 0 Å². The fourth-order valence-corrected chi connectivity index (χ4v) is 3.37. The molecule has 0 unspecified atom stereocenters. The largest absolute Gasteiger partial charge is 0.383 e. The normalized spacial score (nSPS) is 12.5. The first-order valence-corrected chi connectivity index (χ1v) is 8.11. The van der Waals surface area contributed by atoms with Gasteiger partial charge in [0.2, 0.25) is 0 Å². The van der Waals surface area contributed by atoms with Crippen molar-refractivity contribution in [1.82, 2.24) is 9.97 Å². The third-order valence-corrected chi connectivity index (χ3v) is 4.42. The molecule has 3 aromatic rings. The smallest absolute Gasteiger partial charge is 0.139 e. The molecule has 1 N–H and O–H groups in total. The quantitative estimate of drug-likeness (QED) is 0.770. The molecule has 0 aliphatic heterocycles. The summed E-state index contributed by atoms with van der Waals surface area (Å²) < 4.78 is 5.19. The number of ether oxygens (including phenoxy) is 1. The Balaban J connectivity index is 2.06. The van der Waals surface area contributed by atoms with E-state index in [1.807, 2.05) is 0 Å². The minimum absolute atomic E-state index is 0.189. The molecule has 22 heavy (non-hydrogen) atoms. The molecule has 2 aromatic heterocycles. The molecular weight excluding hydrogens is 294 g/mol. The van der Waals surface area contributed by atoms with Crippen LogP contribution in [0.1, 0.15) is 12.5 Å². The summed E-state index contributed by atoms with van der Waals surface area (Å²) in [6, 6.07) is 8.74. The first kappa shape index (κ1) is 14.9. The summed E-state index contributed by atoms with van der Waals surface area (Å²) in [6.07, 6.45) is 1.61. The number of hydrogen-bond donors (Lipinski definition) is 1. The van der Waals surface area contributed by atoms with E-state index in [9.17, 15) is 0 Å². The summed E-state index contributed by atoms with van der Waals surface area (Å²) >= 11 is 1.65. The number of nitrogens with zero attached hydrogens (tertiary/aromatic N) is 2. The fraction of sp³-hybridized carbons (Fsp3) is 0.294. The van der Waals surface area contributed by atoms with E-state index in [0.29, 0.717) is 6.61 Å². The van der Waals surface area contributed by atoms with Crippen LogP contribution in [0.15, 0.2) is 36.0 Å². The number of aryl methyl sites for hydroxylation is 1. The number of hydrogen-bond acceptors (Lipinski definition) is 5. The summed E-state index contributed by atoms with van der Waals surface area (Å²) in [7, 11) is 1.70. The van der Waals surface area contributed by atoms with Crippen LogP contribution in [0.2, 0.25) is 0 Å². The van der Waals surface area contributed by atoms with Gasteiger partial charge >= 0.3 is 0 Å². The van der Waals surface area contributed by atoms with Crippen LogP contribution in [0.3, 0.4) is 0 Å². The van der Waals surface area contributed by atoms with Gasteiger partial charge in [0.05, 0.1) is 12.0 Å². The van der Waals surface area contributed by atoms with Crippen LogP contribution in [0.4, 0.5) is 5.82 Å². The van der Waals surface area contributed by atoms with Gasteiger partial charge in [-0.15, -0.1) is 11.3 Å². The Bertz CT molecular complexity index is 767. The van der Waals surface area contributed by atoms with Crippen molar-refractivity contribution in [2.75, 3.05) is 19.0 Å². The first-order chi connectivity index (χ1) is 10.7. The van der Waals surface area contributed by atoms with E-state index in [4.69, 9.17) is 4.74 Å². The minimum Gasteiger partial charge on any atom is -0.383 e. The lowest BCUT2D eigenvalue weighted by Gasteiger charge is -2.14. The molecule has 0 radical (unpaired) electrons. The highest BCUT2D eigenvalue weighted by atomic mass is 32.1. The van der Waals surface area contributed by atoms with Crippen molar-refractivity contribution in [1.29, 1.82) is 0 Å². The second kappa shape index (κ2) is 6.42. The van der Waals surface area contributed by atoms with E-state index in [1.54, 1.807) is 24.8 Å². The molecule has 0 amide bonds. The molecule has 0 saturated heterocycles. The number of thiophene rings is 1. The molecule has 1 atom stereocenters. The molecule has 0 saturated carbocycles. The van der Waals surface area contributed by atoms with Gasteiger partial charge in [0.1, 0.15) is 17.0 Å². The number of benzene rings is 1. The molecule has 0 spiro atoms. The molecule has 5 heteroatoms. The van der Waals surface area contributed by atoms with Gasteiger partial charge in [-0.05, 0) is 19.4 Å². The second-order valence-electron chi connectivity index (χ2n) is 5.42. The lowest BCUT2D eigenvalue weighted by atomic mass is 10.0. The van der Waals surface area contributed by atoms with Gasteiger partial charge in [0.25, 0.3) is 0 Å². The molecule has 0 bridgehead atoms. The molecule has 0 fully saturated rings. The van der Waals surface area contributed by atoms with E-state index in [0.717, 1.165) is 16.0 Å². The van der Waals surface area contributed by atoms with Gasteiger partial charge in [-0.1, -0.05) is 29.8 Å². The number of nitrogens with one attached hydrogen (secondary N) is 1. The van der Waals surface area contributed by atoms with Crippen LogP contribution in [-0.2, 0) is 4.74 Å². The average Bonchev–Trinajstić information content (AvgIpc) is 2.93. The van der Waals surface area contributed by atoms with Gasteiger partial charge in [-0.2, -0.15) is 0 Å². The van der Waals surface area contributed by atoms with E-state index in [1.165, 1.54) is 16.7 Å². The van der Waals surface area contributed by atoms with Gasteiger partial charge < -0.3 is 10.1 Å². The molecule has 0 aliphatic carbocycles. The number of fused-ring (bicyclic) bond motifs is 1. The molecule has 4 nitrogen and oxygen atoms in total. The number of aromatic nitrogens is 2. The summed E-state index contributed by atoms with van der Waals surface area (Å²) in [4.78, 5) is 9.83. The van der Waals surface area contributed by atoms with Crippen molar-refractivity contribution < 1.29 is 4.74 Å². The Morgan fingerprint density at radius 3 is 2.73 bits per heavy atom. The number of rotatable bonds is 5. The molecular formula is C17H19N3OS. The third-order valence-electron chi connectivity index (χ3n) is 3.53. The molecule has 114 valence electrons. The van der Waals surface area contributed by atoms with Gasteiger partial charge in [0, 0.05) is 24.1 Å². The maximum Gasteiger partial charge on any atom is 0.139 e. The Kier molecular flexibility index (Phi) is 4.36. The molecule has 2 heterocycles. The summed E-state index contributed by atoms with van der Waals surface area (Å²) in [5.74, 6) is 0.867. The van der Waals surface area contributed by atoms with Crippen molar-refractivity contribution >= 4 is 27.4 Å². The minimum atomic E-state index is 0.189. The summed E-state index contributed by atoms with van der Waals surface area (Å²) in [5.41, 5.74) is 3.62. The zero-order valence-electron chi connectivity index (χ0n) is 13.0. The monoisotopic (exact) mass is 313 g/mol. The van der Waals surface area contributed by atoms with Gasteiger partial charge in [0.15, 0.2) is 0 Å². The zero-order valence-corrected chi connectivity index (χ0v) is 13.8. The van der Waals surface area contributed by atoms with E-state index in [-0.39, 0.29) is 6.04 Å². The fourth-order valence-electron chi connectivity index (χ4n) is 2.46. The number of anilines is 1. The highest BCUT2D eigenvalue weighted by Crippen LogP contribution is 2.36. The van der Waals surface area contributed by atoms with E-state index in [2.05, 4.69) is 58.8 Å². The summed E-state index contributed by atoms with van der Waals surface area (Å²) in [6.45, 7) is 4.81. The van der Waals surface area contributed by atoms with Crippen molar-refractivity contribution in [3.05, 3.63) is 41.5 Å². The maximum absolute atomic E-state index is 5.19. The number of methoxy groups -OCH3 is 1. The van der Waals surface area contributed by atoms with Crippen LogP contribution in [0.25, 0.3) is 21.3 Å². The third kappa shape index (κ3) is 2.96. The van der Waals surface area contributed by atoms with Crippen LogP contribution < -0.4 is 5.32 Å². The standard InChI is InChI=1S/C17H19N3OS/c1-11-4-6-13(7-5-11)14-9-22-17-15(14)16(18-10-19-17)20-12(2)8-21-3/h4-7,9-10,12H,8H2,1-3H3,(H,18,19,20)/t12-/m0/s1. The first-order valence-electron chi connectivity index (χ1n) is 7.23. The Hall–Kier alpha value is -1.98. The SMILES string of the molecule is COC[C@H](C)Nc1ncnc2scc(-c3ccc(C)cc3)c12. The lowest BCUT2D eigenvalue weighted by molar-refractivity contribution is 0.190. The Morgan fingerprint density at radius 2 is 2.00 bits per heavy atom. The predicted molar refractivity (Wildman–Crippen MR) is 92.5 cm³/mol. The van der Waals surface area contributed by atoms with Gasteiger partial charge in [-0.3, -0.25) is 0 Å². The zero-order chi connectivity index (χ0) is 15.5. The van der Waals surface area contributed by atoms with Gasteiger partial charge in [-0.25, -0.2) is 9.97 Å².